The Kier molecular flexibility index (Phi) is 6.14. The van der Waals surface area contributed by atoms with Gasteiger partial charge in [0.15, 0.2) is 0 Å². The van der Waals surface area contributed by atoms with Gasteiger partial charge in [0.2, 0.25) is 0 Å². The molecule has 1 aromatic rings. The Morgan fingerprint density at radius 3 is 2.81 bits per heavy atom. The van der Waals surface area contributed by atoms with Crippen LogP contribution in [0.1, 0.15) is 24.8 Å². The van der Waals surface area contributed by atoms with E-state index in [0.717, 1.165) is 36.0 Å². The lowest BCUT2D eigenvalue weighted by Gasteiger charge is -2.32. The van der Waals surface area contributed by atoms with Gasteiger partial charge in [0, 0.05) is 24.1 Å². The lowest BCUT2D eigenvalue weighted by Crippen LogP contribution is -2.36. The van der Waals surface area contributed by atoms with Gasteiger partial charge in [-0.1, -0.05) is 15.9 Å². The lowest BCUT2D eigenvalue weighted by molar-refractivity contribution is -0.138. The molecule has 0 radical (unpaired) electrons. The topological polar surface area (TPSA) is 49.8 Å². The van der Waals surface area contributed by atoms with Crippen LogP contribution in [0, 0.1) is 5.82 Å². The molecule has 0 aliphatic carbocycles. The molecule has 0 atom stereocenters. The van der Waals surface area contributed by atoms with Crippen LogP contribution in [-0.4, -0.2) is 41.8 Å². The third-order valence-electron chi connectivity index (χ3n) is 3.61. The van der Waals surface area contributed by atoms with Gasteiger partial charge in [0.1, 0.15) is 5.82 Å². The molecule has 4 nitrogen and oxygen atoms in total. The quantitative estimate of drug-likeness (QED) is 0.847. The van der Waals surface area contributed by atoms with Gasteiger partial charge < -0.3 is 9.84 Å². The van der Waals surface area contributed by atoms with Gasteiger partial charge in [-0.2, -0.15) is 0 Å². The highest BCUT2D eigenvalue weighted by Crippen LogP contribution is 2.22. The summed E-state index contributed by atoms with van der Waals surface area (Å²) in [5.41, 5.74) is 0.945. The normalized spacial score (nSPS) is 17.0. The van der Waals surface area contributed by atoms with Crippen LogP contribution in [-0.2, 0) is 16.1 Å². The predicted octanol–water partition coefficient (Wildman–Crippen LogP) is 3.04. The molecule has 116 valence electrons. The summed E-state index contributed by atoms with van der Waals surface area (Å²) in [6, 6.07) is 4.72. The summed E-state index contributed by atoms with van der Waals surface area (Å²) in [6.45, 7) is 2.73. The largest absolute Gasteiger partial charge is 0.481 e. The second kappa shape index (κ2) is 7.87. The molecule has 1 fully saturated rings. The van der Waals surface area contributed by atoms with Gasteiger partial charge in [-0.25, -0.2) is 4.39 Å². The molecule has 21 heavy (non-hydrogen) atoms. The van der Waals surface area contributed by atoms with Crippen LogP contribution in [0.15, 0.2) is 22.7 Å². The molecule has 0 spiro atoms. The Labute approximate surface area is 132 Å². The van der Waals surface area contributed by atoms with Crippen molar-refractivity contribution in [3.8, 4) is 0 Å². The van der Waals surface area contributed by atoms with Crippen LogP contribution in [0.4, 0.5) is 4.39 Å². The average Bonchev–Trinajstić information content (AvgIpc) is 2.44. The summed E-state index contributed by atoms with van der Waals surface area (Å²) in [6.07, 6.45) is 1.95. The maximum absolute atomic E-state index is 13.3. The number of ether oxygens (including phenoxy) is 1. The Morgan fingerprint density at radius 2 is 2.14 bits per heavy atom. The number of carboxylic acid groups (broad SMARTS) is 1. The summed E-state index contributed by atoms with van der Waals surface area (Å²) >= 11 is 3.44. The third kappa shape index (κ3) is 5.37. The molecule has 1 saturated heterocycles. The zero-order chi connectivity index (χ0) is 15.2. The summed E-state index contributed by atoms with van der Waals surface area (Å²) in [5.74, 6) is -1.05. The number of halogens is 2. The SMILES string of the molecule is O=C(O)CCOC1CCN(Cc2cc(F)ccc2Br)CC1. The predicted molar refractivity (Wildman–Crippen MR) is 80.6 cm³/mol. The Hall–Kier alpha value is -0.980. The van der Waals surface area contributed by atoms with Gasteiger partial charge in [-0.05, 0) is 36.6 Å². The molecule has 1 N–H and O–H groups in total. The first-order valence-electron chi connectivity index (χ1n) is 7.04. The maximum atomic E-state index is 13.3. The summed E-state index contributed by atoms with van der Waals surface area (Å²) in [7, 11) is 0. The minimum Gasteiger partial charge on any atom is -0.481 e. The van der Waals surface area contributed by atoms with E-state index >= 15 is 0 Å². The highest BCUT2D eigenvalue weighted by atomic mass is 79.9. The first kappa shape index (κ1) is 16.4. The van der Waals surface area contributed by atoms with Crippen molar-refractivity contribution in [2.75, 3.05) is 19.7 Å². The van der Waals surface area contributed by atoms with Crippen molar-refractivity contribution in [2.24, 2.45) is 0 Å². The van der Waals surface area contributed by atoms with Gasteiger partial charge in [-0.15, -0.1) is 0 Å². The molecule has 1 aliphatic rings. The molecule has 0 saturated carbocycles. The molecular weight excluding hydrogens is 341 g/mol. The Balaban J connectivity index is 1.76. The molecule has 0 unspecified atom stereocenters. The van der Waals surface area contributed by atoms with Crippen molar-refractivity contribution in [3.05, 3.63) is 34.1 Å². The van der Waals surface area contributed by atoms with E-state index in [2.05, 4.69) is 20.8 Å². The number of carbonyl (C=O) groups is 1. The van der Waals surface area contributed by atoms with E-state index in [4.69, 9.17) is 9.84 Å². The highest BCUT2D eigenvalue weighted by molar-refractivity contribution is 9.10. The number of benzene rings is 1. The number of aliphatic carboxylic acids is 1. The first-order valence-corrected chi connectivity index (χ1v) is 7.83. The Morgan fingerprint density at radius 1 is 1.43 bits per heavy atom. The number of rotatable bonds is 6. The monoisotopic (exact) mass is 359 g/mol. The molecule has 0 aromatic heterocycles. The van der Waals surface area contributed by atoms with E-state index in [-0.39, 0.29) is 24.9 Å². The molecule has 0 amide bonds. The van der Waals surface area contributed by atoms with E-state index < -0.39 is 5.97 Å². The molecule has 0 bridgehead atoms. The van der Waals surface area contributed by atoms with E-state index in [0.29, 0.717) is 6.54 Å². The van der Waals surface area contributed by atoms with Crippen molar-refractivity contribution in [1.82, 2.24) is 4.90 Å². The van der Waals surface area contributed by atoms with Crippen molar-refractivity contribution in [2.45, 2.75) is 31.9 Å². The second-order valence-electron chi connectivity index (χ2n) is 5.23. The maximum Gasteiger partial charge on any atom is 0.305 e. The smallest absolute Gasteiger partial charge is 0.305 e. The van der Waals surface area contributed by atoms with E-state index in [1.165, 1.54) is 6.07 Å². The number of hydrogen-bond donors (Lipinski definition) is 1. The molecule has 1 aromatic carbocycles. The fraction of sp³-hybridized carbons (Fsp3) is 0.533. The summed E-state index contributed by atoms with van der Waals surface area (Å²) < 4.78 is 19.7. The van der Waals surface area contributed by atoms with E-state index in [9.17, 15) is 9.18 Å². The summed E-state index contributed by atoms with van der Waals surface area (Å²) in [4.78, 5) is 12.7. The molecule has 6 heteroatoms. The number of likely N-dealkylation sites (tertiary alicyclic amines) is 1. The fourth-order valence-electron chi connectivity index (χ4n) is 2.45. The van der Waals surface area contributed by atoms with Crippen molar-refractivity contribution >= 4 is 21.9 Å². The third-order valence-corrected chi connectivity index (χ3v) is 4.38. The zero-order valence-electron chi connectivity index (χ0n) is 11.7. The van der Waals surface area contributed by atoms with Gasteiger partial charge in [0.05, 0.1) is 19.1 Å². The van der Waals surface area contributed by atoms with Crippen molar-refractivity contribution < 1.29 is 19.0 Å². The van der Waals surface area contributed by atoms with E-state index in [1.54, 1.807) is 12.1 Å². The van der Waals surface area contributed by atoms with Gasteiger partial charge in [0.25, 0.3) is 0 Å². The van der Waals surface area contributed by atoms with Crippen molar-refractivity contribution in [3.63, 3.8) is 0 Å². The number of carboxylic acids is 1. The van der Waals surface area contributed by atoms with Crippen LogP contribution in [0.25, 0.3) is 0 Å². The lowest BCUT2D eigenvalue weighted by atomic mass is 10.1. The zero-order valence-corrected chi connectivity index (χ0v) is 13.3. The van der Waals surface area contributed by atoms with Crippen LogP contribution in [0.3, 0.4) is 0 Å². The molecule has 1 aliphatic heterocycles. The molecule has 2 rings (SSSR count). The van der Waals surface area contributed by atoms with Crippen LogP contribution in [0.2, 0.25) is 0 Å². The van der Waals surface area contributed by atoms with Crippen LogP contribution >= 0.6 is 15.9 Å². The minimum absolute atomic E-state index is 0.0520. The fourth-order valence-corrected chi connectivity index (χ4v) is 2.82. The number of piperidine rings is 1. The van der Waals surface area contributed by atoms with Gasteiger partial charge >= 0.3 is 5.97 Å². The molecule has 1 heterocycles. The first-order chi connectivity index (χ1) is 10.0. The van der Waals surface area contributed by atoms with Crippen molar-refractivity contribution in [1.29, 1.82) is 0 Å². The summed E-state index contributed by atoms with van der Waals surface area (Å²) in [5, 5.41) is 8.57. The second-order valence-corrected chi connectivity index (χ2v) is 6.08. The van der Waals surface area contributed by atoms with E-state index in [1.807, 2.05) is 0 Å². The number of nitrogens with zero attached hydrogens (tertiary/aromatic N) is 1. The van der Waals surface area contributed by atoms with Crippen LogP contribution in [0.5, 0.6) is 0 Å². The standard InChI is InChI=1S/C15H19BrFNO3/c16-14-2-1-12(17)9-11(14)10-18-6-3-13(4-7-18)21-8-5-15(19)20/h1-2,9,13H,3-8,10H2,(H,19,20). The average molecular weight is 360 g/mol. The van der Waals surface area contributed by atoms with Crippen LogP contribution < -0.4 is 0 Å². The van der Waals surface area contributed by atoms with Gasteiger partial charge in [-0.3, -0.25) is 9.69 Å². The highest BCUT2D eigenvalue weighted by Gasteiger charge is 2.20. The molecular formula is C15H19BrFNO3. The number of hydrogen-bond acceptors (Lipinski definition) is 3. The minimum atomic E-state index is -0.830. The Bertz CT molecular complexity index is 490.